The summed E-state index contributed by atoms with van der Waals surface area (Å²) in [5.74, 6) is -1.00. The van der Waals surface area contributed by atoms with Crippen molar-refractivity contribution >= 4 is 5.97 Å². The van der Waals surface area contributed by atoms with Gasteiger partial charge in [-0.2, -0.15) is 0 Å². The highest BCUT2D eigenvalue weighted by Gasteiger charge is 2.16. The molecule has 5 heteroatoms. The Morgan fingerprint density at radius 3 is 2.63 bits per heavy atom. The summed E-state index contributed by atoms with van der Waals surface area (Å²) in [5, 5.41) is 8.98. The Kier molecular flexibility index (Phi) is 4.37. The minimum Gasteiger partial charge on any atom is -0.478 e. The predicted octanol–water partition coefficient (Wildman–Crippen LogP) is 1.59. The van der Waals surface area contributed by atoms with E-state index in [1.807, 2.05) is 6.92 Å². The Labute approximate surface area is 112 Å². The number of nitrogens with zero attached hydrogens (tertiary/aromatic N) is 2. The summed E-state index contributed by atoms with van der Waals surface area (Å²) >= 11 is 0. The fourth-order valence-electron chi connectivity index (χ4n) is 2.58. The van der Waals surface area contributed by atoms with E-state index in [4.69, 9.17) is 5.11 Å². The first-order chi connectivity index (χ1) is 9.08. The molecule has 2 heterocycles. The number of pyridine rings is 1. The summed E-state index contributed by atoms with van der Waals surface area (Å²) in [7, 11) is 0. The SMILES string of the molecule is CC(CN1CCCCC1)n1cc(C(=O)O)ccc1=O. The fourth-order valence-corrected chi connectivity index (χ4v) is 2.58. The third kappa shape index (κ3) is 3.44. The normalized spacial score (nSPS) is 18.2. The van der Waals surface area contributed by atoms with Crippen LogP contribution < -0.4 is 5.56 Å². The van der Waals surface area contributed by atoms with Gasteiger partial charge >= 0.3 is 5.97 Å². The molecule has 0 bridgehead atoms. The first-order valence-electron chi connectivity index (χ1n) is 6.76. The lowest BCUT2D eigenvalue weighted by Crippen LogP contribution is -2.36. The van der Waals surface area contributed by atoms with Crippen molar-refractivity contribution in [3.8, 4) is 0 Å². The van der Waals surface area contributed by atoms with Crippen molar-refractivity contribution in [2.24, 2.45) is 0 Å². The molecular weight excluding hydrogens is 244 g/mol. The summed E-state index contributed by atoms with van der Waals surface area (Å²) in [5.41, 5.74) is 0.0135. The molecule has 1 aliphatic rings. The van der Waals surface area contributed by atoms with E-state index in [0.29, 0.717) is 0 Å². The highest BCUT2D eigenvalue weighted by molar-refractivity contribution is 5.87. The number of carboxylic acids is 1. The van der Waals surface area contributed by atoms with Gasteiger partial charge in [0, 0.05) is 24.8 Å². The molecule has 1 fully saturated rings. The second-order valence-electron chi connectivity index (χ2n) is 5.18. The van der Waals surface area contributed by atoms with E-state index < -0.39 is 5.97 Å². The van der Waals surface area contributed by atoms with Crippen LogP contribution in [0.1, 0.15) is 42.6 Å². The summed E-state index contributed by atoms with van der Waals surface area (Å²) in [6.45, 7) is 4.89. The van der Waals surface area contributed by atoms with Crippen molar-refractivity contribution in [3.63, 3.8) is 0 Å². The lowest BCUT2D eigenvalue weighted by Gasteiger charge is -2.29. The molecule has 0 saturated carbocycles. The van der Waals surface area contributed by atoms with Gasteiger partial charge in [-0.3, -0.25) is 4.79 Å². The molecule has 1 N–H and O–H groups in total. The van der Waals surface area contributed by atoms with Crippen molar-refractivity contribution in [2.45, 2.75) is 32.2 Å². The number of aromatic nitrogens is 1. The van der Waals surface area contributed by atoms with Crippen molar-refractivity contribution in [3.05, 3.63) is 34.2 Å². The van der Waals surface area contributed by atoms with Crippen LogP contribution in [-0.4, -0.2) is 40.2 Å². The van der Waals surface area contributed by atoms with Crippen molar-refractivity contribution in [1.29, 1.82) is 0 Å². The van der Waals surface area contributed by atoms with E-state index in [1.54, 1.807) is 0 Å². The van der Waals surface area contributed by atoms with Crippen LogP contribution in [0.2, 0.25) is 0 Å². The van der Waals surface area contributed by atoms with Crippen molar-refractivity contribution < 1.29 is 9.90 Å². The topological polar surface area (TPSA) is 62.5 Å². The van der Waals surface area contributed by atoms with E-state index in [9.17, 15) is 9.59 Å². The Morgan fingerprint density at radius 2 is 2.00 bits per heavy atom. The third-order valence-corrected chi connectivity index (χ3v) is 3.63. The van der Waals surface area contributed by atoms with Crippen LogP contribution in [0.15, 0.2) is 23.1 Å². The molecule has 0 aliphatic carbocycles. The summed E-state index contributed by atoms with van der Waals surface area (Å²) in [6, 6.07) is 2.68. The summed E-state index contributed by atoms with van der Waals surface area (Å²) in [6.07, 6.45) is 5.13. The maximum Gasteiger partial charge on any atom is 0.337 e. The molecule has 0 radical (unpaired) electrons. The number of hydrogen-bond donors (Lipinski definition) is 1. The second-order valence-corrected chi connectivity index (χ2v) is 5.18. The van der Waals surface area contributed by atoms with Crippen LogP contribution in [-0.2, 0) is 0 Å². The van der Waals surface area contributed by atoms with E-state index in [0.717, 1.165) is 19.6 Å². The monoisotopic (exact) mass is 264 g/mol. The molecule has 1 atom stereocenters. The van der Waals surface area contributed by atoms with Gasteiger partial charge in [0.2, 0.25) is 0 Å². The lowest BCUT2D eigenvalue weighted by molar-refractivity contribution is 0.0695. The minimum atomic E-state index is -1.00. The van der Waals surface area contributed by atoms with Crippen molar-refractivity contribution in [2.75, 3.05) is 19.6 Å². The van der Waals surface area contributed by atoms with Gasteiger partial charge in [0.05, 0.1) is 5.56 Å². The molecule has 2 rings (SSSR count). The average Bonchev–Trinajstić information content (AvgIpc) is 2.40. The van der Waals surface area contributed by atoms with Crippen LogP contribution in [0, 0.1) is 0 Å². The molecular formula is C14H20N2O3. The number of hydrogen-bond acceptors (Lipinski definition) is 3. The maximum atomic E-state index is 11.8. The second kappa shape index (κ2) is 6.02. The van der Waals surface area contributed by atoms with Crippen molar-refractivity contribution in [1.82, 2.24) is 9.47 Å². The average molecular weight is 264 g/mol. The molecule has 1 aliphatic heterocycles. The molecule has 0 amide bonds. The van der Waals surface area contributed by atoms with Gasteiger partial charge in [-0.25, -0.2) is 4.79 Å². The molecule has 5 nitrogen and oxygen atoms in total. The number of likely N-dealkylation sites (tertiary alicyclic amines) is 1. The molecule has 1 unspecified atom stereocenters. The largest absolute Gasteiger partial charge is 0.478 e. The van der Waals surface area contributed by atoms with Gasteiger partial charge in [-0.05, 0) is 38.9 Å². The quantitative estimate of drug-likeness (QED) is 0.897. The zero-order valence-electron chi connectivity index (χ0n) is 11.2. The van der Waals surface area contributed by atoms with Crippen LogP contribution in [0.5, 0.6) is 0 Å². The van der Waals surface area contributed by atoms with E-state index in [-0.39, 0.29) is 17.2 Å². The smallest absolute Gasteiger partial charge is 0.337 e. The van der Waals surface area contributed by atoms with Crippen LogP contribution in [0.3, 0.4) is 0 Å². The van der Waals surface area contributed by atoms with Crippen LogP contribution in [0.25, 0.3) is 0 Å². The van der Waals surface area contributed by atoms with E-state index in [1.165, 1.54) is 42.2 Å². The number of aromatic carboxylic acids is 1. The van der Waals surface area contributed by atoms with Crippen LogP contribution >= 0.6 is 0 Å². The summed E-state index contributed by atoms with van der Waals surface area (Å²) < 4.78 is 1.53. The van der Waals surface area contributed by atoms with Gasteiger partial charge in [-0.15, -0.1) is 0 Å². The number of carboxylic acid groups (broad SMARTS) is 1. The zero-order valence-corrected chi connectivity index (χ0v) is 11.2. The van der Waals surface area contributed by atoms with E-state index >= 15 is 0 Å². The van der Waals surface area contributed by atoms with Gasteiger partial charge < -0.3 is 14.6 Å². The standard InChI is InChI=1S/C14H20N2O3/c1-11(9-15-7-3-2-4-8-15)16-10-12(14(18)19)5-6-13(16)17/h5-6,10-11H,2-4,7-9H2,1H3,(H,18,19). The zero-order chi connectivity index (χ0) is 13.8. The highest BCUT2D eigenvalue weighted by atomic mass is 16.4. The third-order valence-electron chi connectivity index (χ3n) is 3.63. The number of piperidine rings is 1. The molecule has 1 aromatic heterocycles. The highest BCUT2D eigenvalue weighted by Crippen LogP contribution is 2.13. The minimum absolute atomic E-state index is 0.00935. The van der Waals surface area contributed by atoms with Gasteiger partial charge in [0.25, 0.3) is 5.56 Å². The predicted molar refractivity (Wildman–Crippen MR) is 72.7 cm³/mol. The Morgan fingerprint density at radius 1 is 1.32 bits per heavy atom. The van der Waals surface area contributed by atoms with E-state index in [2.05, 4.69) is 4.90 Å². The van der Waals surface area contributed by atoms with Crippen LogP contribution in [0.4, 0.5) is 0 Å². The first-order valence-corrected chi connectivity index (χ1v) is 6.76. The lowest BCUT2D eigenvalue weighted by atomic mass is 10.1. The molecule has 1 aromatic rings. The molecule has 104 valence electrons. The first kappa shape index (κ1) is 13.8. The summed E-state index contributed by atoms with van der Waals surface area (Å²) in [4.78, 5) is 25.1. The number of rotatable bonds is 4. The molecule has 1 saturated heterocycles. The fraction of sp³-hybridized carbons (Fsp3) is 0.571. The van der Waals surface area contributed by atoms with Gasteiger partial charge in [0.15, 0.2) is 0 Å². The van der Waals surface area contributed by atoms with Gasteiger partial charge in [0.1, 0.15) is 0 Å². The Balaban J connectivity index is 2.13. The molecule has 0 spiro atoms. The molecule has 0 aromatic carbocycles. The van der Waals surface area contributed by atoms with Gasteiger partial charge in [-0.1, -0.05) is 6.42 Å². The Hall–Kier alpha value is -1.62. The Bertz CT molecular complexity index is 504. The number of carbonyl (C=O) groups is 1. The molecule has 19 heavy (non-hydrogen) atoms. The maximum absolute atomic E-state index is 11.8.